The summed E-state index contributed by atoms with van der Waals surface area (Å²) in [5, 5.41) is 0. The topological polar surface area (TPSA) is 31.4 Å². The average molecular weight is 253 g/mol. The molecule has 1 fully saturated rings. The summed E-state index contributed by atoms with van der Waals surface area (Å²) in [5.41, 5.74) is 2.40. The van der Waals surface area contributed by atoms with Crippen molar-refractivity contribution in [2.45, 2.75) is 58.7 Å². The monoisotopic (exact) mass is 253 g/mol. The van der Waals surface area contributed by atoms with Gasteiger partial charge in [0.1, 0.15) is 0 Å². The zero-order chi connectivity index (χ0) is 12.8. The molecule has 5 heteroatoms. The molecule has 0 N–H and O–H groups in total. The molecule has 2 rings (SSSR count). The fraction of sp³-hybridized carbons (Fsp3) is 0.750. The number of hydrogen-bond acceptors (Lipinski definition) is 4. The number of hydrogen-bond donors (Lipinski definition) is 0. The molecule has 17 heavy (non-hydrogen) atoms. The summed E-state index contributed by atoms with van der Waals surface area (Å²) in [7, 11) is -0.273. The summed E-state index contributed by atoms with van der Waals surface area (Å²) in [5.74, 6) is 0.398. The molecule has 0 amide bonds. The van der Waals surface area contributed by atoms with Crippen LogP contribution < -0.4 is 4.78 Å². The van der Waals surface area contributed by atoms with Crippen molar-refractivity contribution in [3.05, 3.63) is 11.2 Å². The molecule has 1 aliphatic rings. The van der Waals surface area contributed by atoms with Gasteiger partial charge in [-0.1, -0.05) is 13.8 Å². The first-order valence-corrected chi connectivity index (χ1v) is 6.91. The van der Waals surface area contributed by atoms with Gasteiger partial charge in [0.25, 0.3) is 0 Å². The average Bonchev–Trinajstić information content (AvgIpc) is 2.69. The Bertz CT molecular complexity index is 398. The van der Waals surface area contributed by atoms with E-state index < -0.39 is 0 Å². The Morgan fingerprint density at radius 1 is 1.18 bits per heavy atom. The fourth-order valence-corrected chi connectivity index (χ4v) is 2.72. The van der Waals surface area contributed by atoms with Crippen LogP contribution >= 0.6 is 11.3 Å². The molecular weight excluding hydrogens is 233 g/mol. The molecule has 0 aliphatic carbocycles. The molecule has 1 aliphatic heterocycles. The number of thiazole rings is 1. The smallest absolute Gasteiger partial charge is 0.399 e. The van der Waals surface area contributed by atoms with E-state index in [9.17, 15) is 0 Å². The van der Waals surface area contributed by atoms with Gasteiger partial charge in [-0.25, -0.2) is 4.98 Å². The number of aromatic nitrogens is 1. The molecule has 1 aromatic rings. The Labute approximate surface area is 108 Å². The van der Waals surface area contributed by atoms with Gasteiger partial charge in [0.2, 0.25) is 0 Å². The van der Waals surface area contributed by atoms with E-state index in [1.54, 1.807) is 11.3 Å². The Hall–Kier alpha value is -0.385. The summed E-state index contributed by atoms with van der Waals surface area (Å²) in [4.78, 5) is 4.41. The van der Waals surface area contributed by atoms with Crippen LogP contribution in [0.1, 0.15) is 53.2 Å². The second-order valence-electron chi connectivity index (χ2n) is 5.84. The van der Waals surface area contributed by atoms with E-state index in [-0.39, 0.29) is 18.3 Å². The first kappa shape index (κ1) is 13.1. The molecule has 0 saturated carbocycles. The Kier molecular flexibility index (Phi) is 3.13. The quantitative estimate of drug-likeness (QED) is 0.759. The number of nitrogens with zero attached hydrogens (tertiary/aromatic N) is 1. The third-order valence-corrected chi connectivity index (χ3v) is 4.50. The number of rotatable bonds is 2. The SMILES string of the molecule is CC(C)c1ncsc1B1OC(C)(C)C(C)(C)O1. The minimum atomic E-state index is -0.282. The highest BCUT2D eigenvalue weighted by Gasteiger charge is 2.52. The summed E-state index contributed by atoms with van der Waals surface area (Å²) < 4.78 is 13.2. The van der Waals surface area contributed by atoms with Crippen molar-refractivity contribution < 1.29 is 9.31 Å². The molecule has 3 nitrogen and oxygen atoms in total. The molecular formula is C12H20BNO2S. The molecule has 0 atom stereocenters. The van der Waals surface area contributed by atoms with Gasteiger partial charge in [-0.15, -0.1) is 11.3 Å². The van der Waals surface area contributed by atoms with E-state index in [1.165, 1.54) is 0 Å². The summed E-state index contributed by atoms with van der Waals surface area (Å²) >= 11 is 1.62. The minimum absolute atomic E-state index is 0.273. The molecule has 0 bridgehead atoms. The lowest BCUT2D eigenvalue weighted by molar-refractivity contribution is 0.00578. The molecule has 2 heterocycles. The van der Waals surface area contributed by atoms with Gasteiger partial charge in [-0.3, -0.25) is 0 Å². The Balaban J connectivity index is 2.29. The highest BCUT2D eigenvalue weighted by molar-refractivity contribution is 7.20. The molecule has 0 radical (unpaired) electrons. The van der Waals surface area contributed by atoms with Crippen molar-refractivity contribution in [2.75, 3.05) is 0 Å². The molecule has 1 saturated heterocycles. The van der Waals surface area contributed by atoms with E-state index in [4.69, 9.17) is 9.31 Å². The molecule has 0 spiro atoms. The van der Waals surface area contributed by atoms with Crippen molar-refractivity contribution >= 4 is 23.2 Å². The van der Waals surface area contributed by atoms with Crippen LogP contribution in [0.3, 0.4) is 0 Å². The van der Waals surface area contributed by atoms with E-state index in [0.29, 0.717) is 5.92 Å². The highest BCUT2D eigenvalue weighted by Crippen LogP contribution is 2.37. The minimum Gasteiger partial charge on any atom is -0.399 e. The van der Waals surface area contributed by atoms with Gasteiger partial charge in [0, 0.05) is 0 Å². The molecule has 1 aromatic heterocycles. The van der Waals surface area contributed by atoms with Gasteiger partial charge < -0.3 is 9.31 Å². The lowest BCUT2D eigenvalue weighted by Gasteiger charge is -2.32. The summed E-state index contributed by atoms with van der Waals surface area (Å²) in [6.07, 6.45) is 0. The van der Waals surface area contributed by atoms with Gasteiger partial charge in [0.05, 0.1) is 27.2 Å². The Morgan fingerprint density at radius 2 is 1.71 bits per heavy atom. The van der Waals surface area contributed by atoms with Gasteiger partial charge in [0.15, 0.2) is 0 Å². The first-order valence-electron chi connectivity index (χ1n) is 6.03. The largest absolute Gasteiger partial charge is 0.507 e. The third-order valence-electron chi connectivity index (χ3n) is 3.64. The van der Waals surface area contributed by atoms with Crippen molar-refractivity contribution in [3.8, 4) is 0 Å². The lowest BCUT2D eigenvalue weighted by Crippen LogP contribution is -2.41. The van der Waals surface area contributed by atoms with Crippen molar-refractivity contribution in [1.29, 1.82) is 0 Å². The van der Waals surface area contributed by atoms with Crippen LogP contribution in [0.5, 0.6) is 0 Å². The maximum Gasteiger partial charge on any atom is 0.507 e. The lowest BCUT2D eigenvalue weighted by atomic mass is 9.84. The van der Waals surface area contributed by atoms with E-state index >= 15 is 0 Å². The summed E-state index contributed by atoms with van der Waals surface area (Å²) in [6, 6.07) is 0. The van der Waals surface area contributed by atoms with Gasteiger partial charge in [-0.2, -0.15) is 0 Å². The zero-order valence-corrected chi connectivity index (χ0v) is 12.2. The van der Waals surface area contributed by atoms with Gasteiger partial charge in [-0.05, 0) is 33.6 Å². The maximum atomic E-state index is 6.05. The van der Waals surface area contributed by atoms with Crippen LogP contribution in [0.25, 0.3) is 0 Å². The van der Waals surface area contributed by atoms with Crippen LogP contribution in [-0.4, -0.2) is 23.3 Å². The van der Waals surface area contributed by atoms with Crippen LogP contribution in [0.2, 0.25) is 0 Å². The maximum absolute atomic E-state index is 6.05. The zero-order valence-electron chi connectivity index (χ0n) is 11.4. The standard InChI is InChI=1S/C12H20BNO2S/c1-8(2)9-10(17-7-14-9)13-15-11(3,4)12(5,6)16-13/h7-8H,1-6H3. The fourth-order valence-electron chi connectivity index (χ4n) is 1.82. The van der Waals surface area contributed by atoms with Crippen LogP contribution in [0, 0.1) is 0 Å². The van der Waals surface area contributed by atoms with Crippen LogP contribution in [0.4, 0.5) is 0 Å². The van der Waals surface area contributed by atoms with Crippen molar-refractivity contribution in [2.24, 2.45) is 0 Å². The predicted octanol–water partition coefficient (Wildman–Crippen LogP) is 2.57. The van der Waals surface area contributed by atoms with E-state index in [1.807, 2.05) is 5.51 Å². The normalized spacial score (nSPS) is 22.4. The molecule has 0 unspecified atom stereocenters. The second-order valence-corrected chi connectivity index (χ2v) is 6.73. The highest BCUT2D eigenvalue weighted by atomic mass is 32.1. The van der Waals surface area contributed by atoms with E-state index in [0.717, 1.165) is 10.5 Å². The second kappa shape index (κ2) is 4.07. The third kappa shape index (κ3) is 2.16. The van der Waals surface area contributed by atoms with Crippen LogP contribution in [0.15, 0.2) is 5.51 Å². The van der Waals surface area contributed by atoms with Crippen molar-refractivity contribution in [1.82, 2.24) is 4.98 Å². The summed E-state index contributed by atoms with van der Waals surface area (Å²) in [6.45, 7) is 12.6. The predicted molar refractivity (Wildman–Crippen MR) is 71.9 cm³/mol. The molecule has 0 aromatic carbocycles. The molecule has 94 valence electrons. The van der Waals surface area contributed by atoms with Crippen molar-refractivity contribution in [3.63, 3.8) is 0 Å². The van der Waals surface area contributed by atoms with Gasteiger partial charge >= 0.3 is 7.12 Å². The first-order chi connectivity index (χ1) is 7.74. The van der Waals surface area contributed by atoms with E-state index in [2.05, 4.69) is 46.5 Å². The Morgan fingerprint density at radius 3 is 2.18 bits per heavy atom. The van der Waals surface area contributed by atoms with Crippen LogP contribution in [-0.2, 0) is 9.31 Å².